The molecule has 0 aliphatic rings. The van der Waals surface area contributed by atoms with E-state index in [0.717, 1.165) is 0 Å². The summed E-state index contributed by atoms with van der Waals surface area (Å²) in [5.41, 5.74) is 7.61. The minimum Gasteiger partial charge on any atom is -0.508 e. The van der Waals surface area contributed by atoms with Crippen LogP contribution in [0.2, 0.25) is 0 Å². The van der Waals surface area contributed by atoms with Crippen LogP contribution in [0.5, 0.6) is 5.75 Å². The summed E-state index contributed by atoms with van der Waals surface area (Å²) in [4.78, 5) is 13.7. The lowest BCUT2D eigenvalue weighted by Gasteiger charge is -1.97. The third kappa shape index (κ3) is 1.61. The fourth-order valence-electron chi connectivity index (χ4n) is 1.21. The molecule has 1 heterocycles. The van der Waals surface area contributed by atoms with E-state index in [1.54, 1.807) is 6.07 Å². The van der Waals surface area contributed by atoms with Crippen LogP contribution in [0, 0.1) is 0 Å². The van der Waals surface area contributed by atoms with E-state index in [9.17, 15) is 4.79 Å². The third-order valence-electron chi connectivity index (χ3n) is 1.85. The summed E-state index contributed by atoms with van der Waals surface area (Å²) in [6, 6.07) is 5.73. The van der Waals surface area contributed by atoms with Gasteiger partial charge >= 0.3 is 5.63 Å². The summed E-state index contributed by atoms with van der Waals surface area (Å²) in [7, 11) is 0. The molecule has 1 aromatic heterocycles. The van der Waals surface area contributed by atoms with Crippen LogP contribution in [0.1, 0.15) is 0 Å². The number of phenolic OH excluding ortho intramolecular Hbond substituents is 1. The molecule has 0 saturated heterocycles. The molecular weight excluding hydrogens is 198 g/mol. The van der Waals surface area contributed by atoms with Crippen molar-refractivity contribution >= 4 is 16.7 Å². The average Bonchev–Trinajstić information content (AvgIpc) is 2.20. The number of hydrogen-bond donors (Lipinski definition) is 1. The van der Waals surface area contributed by atoms with E-state index >= 15 is 0 Å². The maximum Gasteiger partial charge on any atom is 0.345 e. The standard InChI is InChI=1S/C9H5N3O3/c10-12-11-7-3-5-1-2-6(13)4-8(5)15-9(7)14/h1-4,13H. The molecule has 6 heteroatoms. The molecular formula is C9H5N3O3. The van der Waals surface area contributed by atoms with Crippen molar-refractivity contribution in [1.82, 2.24) is 0 Å². The summed E-state index contributed by atoms with van der Waals surface area (Å²) in [5, 5.41) is 12.9. The Hall–Kier alpha value is -2.46. The zero-order chi connectivity index (χ0) is 10.8. The summed E-state index contributed by atoms with van der Waals surface area (Å²) in [6.45, 7) is 0. The zero-order valence-electron chi connectivity index (χ0n) is 7.41. The second-order valence-electron chi connectivity index (χ2n) is 2.83. The molecule has 0 aliphatic carbocycles. The zero-order valence-corrected chi connectivity index (χ0v) is 7.41. The molecule has 2 rings (SSSR count). The molecule has 15 heavy (non-hydrogen) atoms. The Morgan fingerprint density at radius 1 is 1.40 bits per heavy atom. The Morgan fingerprint density at radius 2 is 2.20 bits per heavy atom. The molecule has 0 amide bonds. The van der Waals surface area contributed by atoms with E-state index in [4.69, 9.17) is 15.1 Å². The highest BCUT2D eigenvalue weighted by Crippen LogP contribution is 2.21. The van der Waals surface area contributed by atoms with Gasteiger partial charge in [-0.3, -0.25) is 0 Å². The van der Waals surface area contributed by atoms with E-state index < -0.39 is 5.63 Å². The molecule has 2 aromatic rings. The van der Waals surface area contributed by atoms with E-state index in [2.05, 4.69) is 10.0 Å². The van der Waals surface area contributed by atoms with Crippen LogP contribution in [-0.4, -0.2) is 5.11 Å². The first-order chi connectivity index (χ1) is 7.20. The fourth-order valence-corrected chi connectivity index (χ4v) is 1.21. The maximum absolute atomic E-state index is 11.2. The molecule has 0 saturated carbocycles. The summed E-state index contributed by atoms with van der Waals surface area (Å²) < 4.78 is 4.85. The number of phenols is 1. The van der Waals surface area contributed by atoms with Gasteiger partial charge in [0.2, 0.25) is 0 Å². The topological polar surface area (TPSA) is 99.2 Å². The van der Waals surface area contributed by atoms with Gasteiger partial charge in [-0.25, -0.2) is 4.79 Å². The van der Waals surface area contributed by atoms with E-state index in [1.807, 2.05) is 0 Å². The van der Waals surface area contributed by atoms with Crippen LogP contribution in [0.25, 0.3) is 21.4 Å². The van der Waals surface area contributed by atoms with Crippen LogP contribution < -0.4 is 5.63 Å². The smallest absolute Gasteiger partial charge is 0.345 e. The fraction of sp³-hybridized carbons (Fsp3) is 0. The van der Waals surface area contributed by atoms with Gasteiger partial charge in [-0.2, -0.15) is 0 Å². The first-order valence-electron chi connectivity index (χ1n) is 4.02. The van der Waals surface area contributed by atoms with Gasteiger partial charge in [0.05, 0.1) is 0 Å². The van der Waals surface area contributed by atoms with Gasteiger partial charge < -0.3 is 9.52 Å². The molecule has 0 spiro atoms. The lowest BCUT2D eigenvalue weighted by molar-refractivity contribution is 0.473. The van der Waals surface area contributed by atoms with Gasteiger partial charge in [0.25, 0.3) is 0 Å². The number of fused-ring (bicyclic) bond motifs is 1. The monoisotopic (exact) mass is 203 g/mol. The first kappa shape index (κ1) is 9.11. The number of azide groups is 1. The van der Waals surface area contributed by atoms with E-state index in [0.29, 0.717) is 5.39 Å². The normalized spacial score (nSPS) is 9.87. The third-order valence-corrected chi connectivity index (χ3v) is 1.85. The van der Waals surface area contributed by atoms with Gasteiger partial charge in [0.15, 0.2) is 0 Å². The summed E-state index contributed by atoms with van der Waals surface area (Å²) in [5.74, 6) is 0.00202. The predicted octanol–water partition coefficient (Wildman–Crippen LogP) is 2.44. The Labute approximate surface area is 83.0 Å². The SMILES string of the molecule is [N-]=[N+]=Nc1cc2ccc(O)cc2oc1=O. The van der Waals surface area contributed by atoms with Crippen molar-refractivity contribution < 1.29 is 9.52 Å². The minimum atomic E-state index is -0.731. The number of rotatable bonds is 1. The second kappa shape index (κ2) is 3.36. The molecule has 6 nitrogen and oxygen atoms in total. The average molecular weight is 203 g/mol. The molecule has 1 aromatic carbocycles. The van der Waals surface area contributed by atoms with Crippen LogP contribution in [-0.2, 0) is 0 Å². The number of nitrogens with zero attached hydrogens (tertiary/aromatic N) is 3. The molecule has 74 valence electrons. The highest BCUT2D eigenvalue weighted by atomic mass is 16.4. The maximum atomic E-state index is 11.2. The Bertz CT molecular complexity index is 626. The molecule has 0 unspecified atom stereocenters. The number of benzene rings is 1. The van der Waals surface area contributed by atoms with Gasteiger partial charge in [-0.15, -0.1) is 0 Å². The molecule has 0 radical (unpaired) electrons. The summed E-state index contributed by atoms with van der Waals surface area (Å²) in [6.07, 6.45) is 0. The minimum absolute atomic E-state index is 0.00202. The first-order valence-corrected chi connectivity index (χ1v) is 4.02. The van der Waals surface area contributed by atoms with Crippen LogP contribution in [0.3, 0.4) is 0 Å². The van der Waals surface area contributed by atoms with E-state index in [1.165, 1.54) is 18.2 Å². The highest BCUT2D eigenvalue weighted by Gasteiger charge is 2.03. The van der Waals surface area contributed by atoms with Crippen molar-refractivity contribution in [3.63, 3.8) is 0 Å². The van der Waals surface area contributed by atoms with E-state index in [-0.39, 0.29) is 17.0 Å². The Kier molecular flexibility index (Phi) is 2.04. The Balaban J connectivity index is 2.81. The van der Waals surface area contributed by atoms with Gasteiger partial charge in [0, 0.05) is 16.4 Å². The molecule has 0 atom stereocenters. The molecule has 0 bridgehead atoms. The van der Waals surface area contributed by atoms with Gasteiger partial charge in [-0.1, -0.05) is 5.11 Å². The van der Waals surface area contributed by atoms with Crippen LogP contribution in [0.4, 0.5) is 5.69 Å². The molecule has 0 aliphatic heterocycles. The number of aromatic hydroxyl groups is 1. The Morgan fingerprint density at radius 3 is 2.93 bits per heavy atom. The second-order valence-corrected chi connectivity index (χ2v) is 2.83. The summed E-state index contributed by atoms with van der Waals surface area (Å²) >= 11 is 0. The van der Waals surface area contributed by atoms with Crippen LogP contribution >= 0.6 is 0 Å². The van der Waals surface area contributed by atoms with Crippen molar-refractivity contribution in [2.75, 3.05) is 0 Å². The lowest BCUT2D eigenvalue weighted by atomic mass is 10.2. The molecule has 0 fully saturated rings. The highest BCUT2D eigenvalue weighted by molar-refractivity contribution is 5.80. The van der Waals surface area contributed by atoms with Crippen molar-refractivity contribution in [2.24, 2.45) is 5.11 Å². The van der Waals surface area contributed by atoms with Crippen molar-refractivity contribution in [3.8, 4) is 5.75 Å². The van der Waals surface area contributed by atoms with Crippen molar-refractivity contribution in [2.45, 2.75) is 0 Å². The number of hydrogen-bond acceptors (Lipinski definition) is 4. The van der Waals surface area contributed by atoms with Crippen molar-refractivity contribution in [3.05, 3.63) is 45.1 Å². The van der Waals surface area contributed by atoms with Gasteiger partial charge in [-0.05, 0) is 23.7 Å². The predicted molar refractivity (Wildman–Crippen MR) is 53.0 cm³/mol. The quantitative estimate of drug-likeness (QED) is 0.333. The largest absolute Gasteiger partial charge is 0.508 e. The van der Waals surface area contributed by atoms with Crippen LogP contribution in [0.15, 0.2) is 38.6 Å². The van der Waals surface area contributed by atoms with Crippen molar-refractivity contribution in [1.29, 1.82) is 0 Å². The van der Waals surface area contributed by atoms with Gasteiger partial charge in [0.1, 0.15) is 17.0 Å². The molecule has 1 N–H and O–H groups in total. The lowest BCUT2D eigenvalue weighted by Crippen LogP contribution is -1.96.